The highest BCUT2D eigenvalue weighted by molar-refractivity contribution is 6.12. The lowest BCUT2D eigenvalue weighted by atomic mass is 10.1. The van der Waals surface area contributed by atoms with E-state index >= 15 is 0 Å². The van der Waals surface area contributed by atoms with Crippen molar-refractivity contribution in [3.8, 4) is 0 Å². The average Bonchev–Trinajstić information content (AvgIpc) is 3.04. The molecule has 30 heavy (non-hydrogen) atoms. The number of nitrogens with one attached hydrogen (secondary N) is 3. The van der Waals surface area contributed by atoms with Gasteiger partial charge >= 0.3 is 0 Å². The molecule has 0 fully saturated rings. The maximum Gasteiger partial charge on any atom is 0.256 e. The van der Waals surface area contributed by atoms with Gasteiger partial charge in [-0.05, 0) is 31.0 Å². The summed E-state index contributed by atoms with van der Waals surface area (Å²) in [6, 6.07) is 14.4. The van der Waals surface area contributed by atoms with Crippen LogP contribution in [0.3, 0.4) is 0 Å². The number of fused-ring (bicyclic) bond motifs is 1. The number of hydrogen-bond acceptors (Lipinski definition) is 4. The first-order valence-electron chi connectivity index (χ1n) is 10.1. The molecule has 0 bridgehead atoms. The molecule has 5 N–H and O–H groups in total. The number of carbonyl (C=O) groups is 3. The van der Waals surface area contributed by atoms with Crippen molar-refractivity contribution >= 4 is 34.8 Å². The van der Waals surface area contributed by atoms with Crippen LogP contribution in [0, 0.1) is 0 Å². The number of hydrogen-bond donors (Lipinski definition) is 4. The fraction of sp³-hybridized carbons (Fsp3) is 0.261. The van der Waals surface area contributed by atoms with E-state index in [4.69, 9.17) is 5.73 Å². The Morgan fingerprint density at radius 2 is 1.63 bits per heavy atom. The molecule has 7 nitrogen and oxygen atoms in total. The predicted octanol–water partition coefficient (Wildman–Crippen LogP) is 3.06. The third-order valence-corrected chi connectivity index (χ3v) is 4.85. The average molecular weight is 406 g/mol. The normalized spacial score (nSPS) is 13.6. The summed E-state index contributed by atoms with van der Waals surface area (Å²) in [4.78, 5) is 35.9. The van der Waals surface area contributed by atoms with Crippen LogP contribution in [0.2, 0.25) is 0 Å². The van der Waals surface area contributed by atoms with E-state index in [2.05, 4.69) is 16.0 Å². The van der Waals surface area contributed by atoms with E-state index in [1.165, 1.54) is 6.08 Å². The van der Waals surface area contributed by atoms with Crippen molar-refractivity contribution in [1.29, 1.82) is 0 Å². The van der Waals surface area contributed by atoms with Crippen molar-refractivity contribution in [2.24, 2.45) is 0 Å². The Labute approximate surface area is 175 Å². The molecule has 2 aromatic carbocycles. The van der Waals surface area contributed by atoms with E-state index in [1.807, 2.05) is 24.3 Å². The number of unbranched alkanes of at least 4 members (excludes halogenated alkanes) is 3. The number of anilines is 2. The zero-order valence-corrected chi connectivity index (χ0v) is 16.7. The number of carbonyl (C=O) groups excluding carboxylic acids is 3. The largest absolute Gasteiger partial charge is 0.397 e. The fourth-order valence-electron chi connectivity index (χ4n) is 3.27. The van der Waals surface area contributed by atoms with Gasteiger partial charge in [0.1, 0.15) is 0 Å². The Morgan fingerprint density at radius 3 is 2.43 bits per heavy atom. The van der Waals surface area contributed by atoms with E-state index in [0.29, 0.717) is 35.6 Å². The number of benzene rings is 2. The molecule has 0 saturated carbocycles. The Kier molecular flexibility index (Phi) is 7.21. The molecule has 3 amide bonds. The molecular formula is C23H26N4O3. The molecule has 3 rings (SSSR count). The van der Waals surface area contributed by atoms with Crippen LogP contribution < -0.4 is 21.7 Å². The maximum atomic E-state index is 12.1. The molecule has 0 saturated heterocycles. The second-order valence-corrected chi connectivity index (χ2v) is 7.15. The quantitative estimate of drug-likeness (QED) is 0.291. The van der Waals surface area contributed by atoms with Crippen molar-refractivity contribution in [2.75, 3.05) is 17.6 Å². The molecular weight excluding hydrogens is 380 g/mol. The molecule has 0 radical (unpaired) electrons. The summed E-state index contributed by atoms with van der Waals surface area (Å²) in [6.07, 6.45) is 5.27. The Hall–Kier alpha value is -3.61. The molecule has 2 aromatic rings. The number of amides is 3. The van der Waals surface area contributed by atoms with Gasteiger partial charge in [0.15, 0.2) is 0 Å². The molecule has 0 spiro atoms. The Bertz CT molecular complexity index is 968. The van der Waals surface area contributed by atoms with Crippen LogP contribution in [0.4, 0.5) is 11.4 Å². The van der Waals surface area contributed by atoms with E-state index in [0.717, 1.165) is 31.2 Å². The van der Waals surface area contributed by atoms with Gasteiger partial charge in [-0.2, -0.15) is 0 Å². The molecule has 7 heteroatoms. The molecule has 0 aliphatic carbocycles. The van der Waals surface area contributed by atoms with Gasteiger partial charge in [0, 0.05) is 30.2 Å². The molecule has 156 valence electrons. The third-order valence-electron chi connectivity index (χ3n) is 4.85. The van der Waals surface area contributed by atoms with Crippen LogP contribution in [-0.4, -0.2) is 24.3 Å². The lowest BCUT2D eigenvalue weighted by molar-refractivity contribution is -0.117. The highest BCUT2D eigenvalue weighted by Gasteiger charge is 2.23. The molecule has 1 aliphatic heterocycles. The number of rotatable bonds is 9. The third kappa shape index (κ3) is 5.70. The smallest absolute Gasteiger partial charge is 0.256 e. The Balaban J connectivity index is 1.30. The van der Waals surface area contributed by atoms with E-state index < -0.39 is 0 Å². The summed E-state index contributed by atoms with van der Waals surface area (Å²) in [5, 5.41) is 8.36. The van der Waals surface area contributed by atoms with Gasteiger partial charge in [-0.1, -0.05) is 43.2 Å². The summed E-state index contributed by atoms with van der Waals surface area (Å²) < 4.78 is 0. The topological polar surface area (TPSA) is 113 Å². The van der Waals surface area contributed by atoms with Crippen LogP contribution in [0.25, 0.3) is 5.70 Å². The summed E-state index contributed by atoms with van der Waals surface area (Å²) in [7, 11) is 0. The SMILES string of the molecule is Nc1ccccc1NC(=O)CCCCCCNC(=O)/C=C1\NC(=O)c2ccccc21. The lowest BCUT2D eigenvalue weighted by Crippen LogP contribution is -2.23. The maximum absolute atomic E-state index is 12.1. The predicted molar refractivity (Wildman–Crippen MR) is 117 cm³/mol. The highest BCUT2D eigenvalue weighted by Crippen LogP contribution is 2.23. The summed E-state index contributed by atoms with van der Waals surface area (Å²) in [5.41, 5.74) is 8.85. The minimum atomic E-state index is -0.234. The monoisotopic (exact) mass is 406 g/mol. The van der Waals surface area contributed by atoms with Crippen molar-refractivity contribution in [1.82, 2.24) is 10.6 Å². The van der Waals surface area contributed by atoms with Crippen LogP contribution in [-0.2, 0) is 9.59 Å². The minimum absolute atomic E-state index is 0.0493. The fourth-order valence-corrected chi connectivity index (χ4v) is 3.27. The molecule has 1 heterocycles. The van der Waals surface area contributed by atoms with Gasteiger partial charge in [-0.3, -0.25) is 14.4 Å². The number of para-hydroxylation sites is 2. The standard InChI is InChI=1S/C23H26N4O3/c24-18-11-6-7-12-19(18)26-21(28)13-3-1-2-8-14-25-22(29)15-20-16-9-4-5-10-17(16)23(30)27-20/h4-7,9-12,15H,1-3,8,13-14,24H2,(H,25,29)(H,26,28)(H,27,30)/b20-15-. The molecule has 0 unspecified atom stereocenters. The Morgan fingerprint density at radius 1 is 0.933 bits per heavy atom. The number of nitrogen functional groups attached to an aromatic ring is 1. The first-order valence-corrected chi connectivity index (χ1v) is 10.1. The van der Waals surface area contributed by atoms with E-state index in [-0.39, 0.29) is 17.7 Å². The zero-order valence-electron chi connectivity index (χ0n) is 16.7. The second kappa shape index (κ2) is 10.2. The zero-order chi connectivity index (χ0) is 21.3. The summed E-state index contributed by atoms with van der Waals surface area (Å²) >= 11 is 0. The van der Waals surface area contributed by atoms with Crippen molar-refractivity contribution in [3.63, 3.8) is 0 Å². The first kappa shape index (κ1) is 21.1. The molecule has 0 aromatic heterocycles. The van der Waals surface area contributed by atoms with Crippen LogP contribution in [0.5, 0.6) is 0 Å². The van der Waals surface area contributed by atoms with Gasteiger partial charge in [0.25, 0.3) is 5.91 Å². The van der Waals surface area contributed by atoms with Gasteiger partial charge in [-0.25, -0.2) is 0 Å². The highest BCUT2D eigenvalue weighted by atomic mass is 16.2. The van der Waals surface area contributed by atoms with E-state index in [1.54, 1.807) is 24.3 Å². The van der Waals surface area contributed by atoms with Gasteiger partial charge in [0.05, 0.1) is 17.1 Å². The van der Waals surface area contributed by atoms with Gasteiger partial charge in [0.2, 0.25) is 11.8 Å². The van der Waals surface area contributed by atoms with Crippen LogP contribution in [0.15, 0.2) is 54.6 Å². The van der Waals surface area contributed by atoms with Gasteiger partial charge < -0.3 is 21.7 Å². The van der Waals surface area contributed by atoms with Crippen molar-refractivity contribution in [2.45, 2.75) is 32.1 Å². The summed E-state index contributed by atoms with van der Waals surface area (Å²) in [6.45, 7) is 0.547. The second-order valence-electron chi connectivity index (χ2n) is 7.15. The lowest BCUT2D eigenvalue weighted by Gasteiger charge is -2.08. The summed E-state index contributed by atoms with van der Waals surface area (Å²) in [5.74, 6) is -0.475. The molecule has 1 aliphatic rings. The number of nitrogens with two attached hydrogens (primary N) is 1. The molecule has 0 atom stereocenters. The van der Waals surface area contributed by atoms with Crippen LogP contribution >= 0.6 is 0 Å². The first-order chi connectivity index (χ1) is 14.5. The van der Waals surface area contributed by atoms with Crippen molar-refractivity contribution < 1.29 is 14.4 Å². The van der Waals surface area contributed by atoms with Crippen molar-refractivity contribution in [3.05, 3.63) is 65.7 Å². The van der Waals surface area contributed by atoms with Gasteiger partial charge in [-0.15, -0.1) is 0 Å². The van der Waals surface area contributed by atoms with E-state index in [9.17, 15) is 14.4 Å². The van der Waals surface area contributed by atoms with Crippen LogP contribution in [0.1, 0.15) is 48.0 Å². The minimum Gasteiger partial charge on any atom is -0.397 e.